The largest absolute Gasteiger partial charge is 0.444 e. The molecule has 0 bridgehead atoms. The fraction of sp³-hybridized carbons (Fsp3) is 0.611. The lowest BCUT2D eigenvalue weighted by molar-refractivity contribution is 0.0516. The summed E-state index contributed by atoms with van der Waals surface area (Å²) in [6, 6.07) is 8.39. The monoisotopic (exact) mass is 338 g/mol. The van der Waals surface area contributed by atoms with Crippen LogP contribution >= 0.6 is 11.8 Å². The minimum absolute atomic E-state index is 0.336. The Bertz CT molecular complexity index is 481. The number of benzene rings is 1. The summed E-state index contributed by atoms with van der Waals surface area (Å²) < 4.78 is 5.28. The number of rotatable bonds is 7. The highest BCUT2D eigenvalue weighted by Gasteiger charge is 2.19. The number of ether oxygens (including phenoxy) is 1. The van der Waals surface area contributed by atoms with E-state index in [0.717, 1.165) is 12.2 Å². The van der Waals surface area contributed by atoms with Gasteiger partial charge in [0.15, 0.2) is 0 Å². The average Bonchev–Trinajstić information content (AvgIpc) is 2.45. The minimum atomic E-state index is -0.464. The van der Waals surface area contributed by atoms with Crippen molar-refractivity contribution in [3.8, 4) is 0 Å². The van der Waals surface area contributed by atoms with Gasteiger partial charge in [0.1, 0.15) is 5.60 Å². The summed E-state index contributed by atoms with van der Waals surface area (Å²) in [5.41, 5.74) is 0.639. The lowest BCUT2D eigenvalue weighted by Crippen LogP contribution is -2.38. The molecule has 0 heterocycles. The maximum absolute atomic E-state index is 11.8. The SMILES string of the molecule is CSc1ccc(NCC(CNC(=O)OC(C)(C)C)C(C)C)cc1. The van der Waals surface area contributed by atoms with Gasteiger partial charge in [-0.1, -0.05) is 13.8 Å². The van der Waals surface area contributed by atoms with Crippen LogP contribution in [0.4, 0.5) is 10.5 Å². The molecule has 0 aliphatic carbocycles. The molecule has 1 rings (SSSR count). The van der Waals surface area contributed by atoms with E-state index in [2.05, 4.69) is 55.0 Å². The number of carbonyl (C=O) groups is 1. The van der Waals surface area contributed by atoms with Gasteiger partial charge in [0.2, 0.25) is 0 Å². The molecular formula is C18H30N2O2S. The molecule has 1 unspecified atom stereocenters. The van der Waals surface area contributed by atoms with E-state index in [1.165, 1.54) is 4.90 Å². The molecule has 1 amide bonds. The van der Waals surface area contributed by atoms with Crippen LogP contribution < -0.4 is 10.6 Å². The average molecular weight is 339 g/mol. The molecule has 1 aromatic rings. The molecule has 0 aliphatic rings. The summed E-state index contributed by atoms with van der Waals surface area (Å²) in [5.74, 6) is 0.797. The third-order valence-electron chi connectivity index (χ3n) is 3.51. The molecular weight excluding hydrogens is 308 g/mol. The normalized spacial score (nSPS) is 12.8. The van der Waals surface area contributed by atoms with E-state index in [9.17, 15) is 4.79 Å². The van der Waals surface area contributed by atoms with Gasteiger partial charge in [-0.05, 0) is 63.1 Å². The lowest BCUT2D eigenvalue weighted by Gasteiger charge is -2.24. The standard InChI is InChI=1S/C18H30N2O2S/c1-13(2)14(12-20-17(21)22-18(3,4)5)11-19-15-7-9-16(23-6)10-8-15/h7-10,13-14,19H,11-12H2,1-6H3,(H,20,21). The number of amides is 1. The third-order valence-corrected chi connectivity index (χ3v) is 4.25. The van der Waals surface area contributed by atoms with Gasteiger partial charge in [-0.15, -0.1) is 11.8 Å². The molecule has 0 saturated carbocycles. The maximum Gasteiger partial charge on any atom is 0.407 e. The van der Waals surface area contributed by atoms with Gasteiger partial charge in [-0.2, -0.15) is 0 Å². The molecule has 1 atom stereocenters. The molecule has 130 valence electrons. The summed E-state index contributed by atoms with van der Waals surface area (Å²) in [6.45, 7) is 11.3. The van der Waals surface area contributed by atoms with Gasteiger partial charge < -0.3 is 15.4 Å². The summed E-state index contributed by atoms with van der Waals surface area (Å²) in [6.07, 6.45) is 1.71. The Morgan fingerprint density at radius 2 is 1.78 bits per heavy atom. The molecule has 0 spiro atoms. The highest BCUT2D eigenvalue weighted by molar-refractivity contribution is 7.98. The number of alkyl carbamates (subject to hydrolysis) is 1. The molecule has 2 N–H and O–H groups in total. The number of thioether (sulfide) groups is 1. The second kappa shape index (κ2) is 9.06. The van der Waals surface area contributed by atoms with Crippen molar-refractivity contribution in [2.75, 3.05) is 24.7 Å². The zero-order valence-corrected chi connectivity index (χ0v) is 15.9. The molecule has 4 nitrogen and oxygen atoms in total. The first kappa shape index (κ1) is 19.7. The van der Waals surface area contributed by atoms with Crippen LogP contribution in [-0.4, -0.2) is 31.0 Å². The van der Waals surface area contributed by atoms with Crippen molar-refractivity contribution in [2.24, 2.45) is 11.8 Å². The molecule has 1 aromatic carbocycles. The highest BCUT2D eigenvalue weighted by atomic mass is 32.2. The van der Waals surface area contributed by atoms with Crippen LogP contribution in [0.25, 0.3) is 0 Å². The Labute approximate surface area is 144 Å². The van der Waals surface area contributed by atoms with Crippen molar-refractivity contribution in [2.45, 2.75) is 45.1 Å². The minimum Gasteiger partial charge on any atom is -0.444 e. The molecule has 0 fully saturated rings. The van der Waals surface area contributed by atoms with Crippen LogP contribution in [0.2, 0.25) is 0 Å². The fourth-order valence-corrected chi connectivity index (χ4v) is 2.44. The number of hydrogen-bond donors (Lipinski definition) is 2. The first-order chi connectivity index (χ1) is 10.7. The zero-order valence-electron chi connectivity index (χ0n) is 15.1. The first-order valence-corrected chi connectivity index (χ1v) is 9.28. The quantitative estimate of drug-likeness (QED) is 0.712. The van der Waals surface area contributed by atoms with Gasteiger partial charge in [-0.3, -0.25) is 0 Å². The number of nitrogens with one attached hydrogen (secondary N) is 2. The smallest absolute Gasteiger partial charge is 0.407 e. The molecule has 0 aromatic heterocycles. The van der Waals surface area contributed by atoms with Crippen LogP contribution in [-0.2, 0) is 4.74 Å². The van der Waals surface area contributed by atoms with Crippen molar-refractivity contribution in [1.82, 2.24) is 5.32 Å². The second-order valence-electron chi connectivity index (χ2n) is 7.00. The van der Waals surface area contributed by atoms with E-state index < -0.39 is 5.60 Å². The lowest BCUT2D eigenvalue weighted by atomic mass is 9.95. The third kappa shape index (κ3) is 8.16. The van der Waals surface area contributed by atoms with E-state index in [1.54, 1.807) is 11.8 Å². The highest BCUT2D eigenvalue weighted by Crippen LogP contribution is 2.18. The maximum atomic E-state index is 11.8. The van der Waals surface area contributed by atoms with Crippen molar-refractivity contribution >= 4 is 23.5 Å². The van der Waals surface area contributed by atoms with Gasteiger partial charge in [-0.25, -0.2) is 4.79 Å². The summed E-state index contributed by atoms with van der Waals surface area (Å²) >= 11 is 1.73. The Hall–Kier alpha value is -1.36. The fourth-order valence-electron chi connectivity index (χ4n) is 2.03. The number of carbonyl (C=O) groups excluding carboxylic acids is 1. The van der Waals surface area contributed by atoms with Crippen LogP contribution in [0, 0.1) is 11.8 Å². The van der Waals surface area contributed by atoms with Gasteiger partial charge in [0.05, 0.1) is 0 Å². The van der Waals surface area contributed by atoms with Crippen molar-refractivity contribution in [3.05, 3.63) is 24.3 Å². The van der Waals surface area contributed by atoms with Crippen LogP contribution in [0.1, 0.15) is 34.6 Å². The van der Waals surface area contributed by atoms with E-state index in [4.69, 9.17) is 4.74 Å². The molecule has 0 radical (unpaired) electrons. The first-order valence-electron chi connectivity index (χ1n) is 8.06. The van der Waals surface area contributed by atoms with Crippen LogP contribution in [0.3, 0.4) is 0 Å². The van der Waals surface area contributed by atoms with E-state index >= 15 is 0 Å². The Morgan fingerprint density at radius 1 is 1.17 bits per heavy atom. The summed E-state index contributed by atoms with van der Waals surface area (Å²) in [5, 5.41) is 6.32. The summed E-state index contributed by atoms with van der Waals surface area (Å²) in [7, 11) is 0. The predicted octanol–water partition coefficient (Wildman–Crippen LogP) is 4.62. The van der Waals surface area contributed by atoms with Crippen molar-refractivity contribution in [3.63, 3.8) is 0 Å². The van der Waals surface area contributed by atoms with Crippen LogP contribution in [0.5, 0.6) is 0 Å². The second-order valence-corrected chi connectivity index (χ2v) is 7.88. The van der Waals surface area contributed by atoms with E-state index in [0.29, 0.717) is 18.4 Å². The predicted molar refractivity (Wildman–Crippen MR) is 99.3 cm³/mol. The van der Waals surface area contributed by atoms with Crippen molar-refractivity contribution in [1.29, 1.82) is 0 Å². The molecule has 0 saturated heterocycles. The van der Waals surface area contributed by atoms with Crippen LogP contribution in [0.15, 0.2) is 29.2 Å². The van der Waals surface area contributed by atoms with Gasteiger partial charge >= 0.3 is 6.09 Å². The molecule has 0 aliphatic heterocycles. The zero-order chi connectivity index (χ0) is 17.5. The Kier molecular flexibility index (Phi) is 7.76. The van der Waals surface area contributed by atoms with E-state index in [-0.39, 0.29) is 6.09 Å². The number of anilines is 1. The van der Waals surface area contributed by atoms with Crippen molar-refractivity contribution < 1.29 is 9.53 Å². The van der Waals surface area contributed by atoms with E-state index in [1.807, 2.05) is 20.8 Å². The molecule has 23 heavy (non-hydrogen) atoms. The Balaban J connectivity index is 2.47. The topological polar surface area (TPSA) is 50.4 Å². The summed E-state index contributed by atoms with van der Waals surface area (Å²) in [4.78, 5) is 13.0. The Morgan fingerprint density at radius 3 is 2.26 bits per heavy atom. The molecule has 5 heteroatoms. The number of hydrogen-bond acceptors (Lipinski definition) is 4. The van der Waals surface area contributed by atoms with Gasteiger partial charge in [0, 0.05) is 23.7 Å². The van der Waals surface area contributed by atoms with Gasteiger partial charge in [0.25, 0.3) is 0 Å².